The molecule has 0 saturated carbocycles. The van der Waals surface area contributed by atoms with Crippen LogP contribution in [-0.4, -0.2) is 49.6 Å². The van der Waals surface area contributed by atoms with E-state index in [2.05, 4.69) is 11.4 Å². The van der Waals surface area contributed by atoms with Crippen LogP contribution in [0.5, 0.6) is 17.2 Å². The smallest absolute Gasteiger partial charge is 0.243 e. The first-order valence-electron chi connectivity index (χ1n) is 10.1. The van der Waals surface area contributed by atoms with E-state index in [0.717, 1.165) is 16.9 Å². The summed E-state index contributed by atoms with van der Waals surface area (Å²) in [5, 5.41) is 2.81. The van der Waals surface area contributed by atoms with E-state index in [1.807, 2.05) is 32.9 Å². The maximum absolute atomic E-state index is 12.5. The number of aryl methyl sites for hydroxylation is 2. The Kier molecular flexibility index (Phi) is 7.17. The van der Waals surface area contributed by atoms with Gasteiger partial charge in [0.2, 0.25) is 11.8 Å². The Morgan fingerprint density at radius 1 is 1.03 bits per heavy atom. The van der Waals surface area contributed by atoms with E-state index < -0.39 is 0 Å². The van der Waals surface area contributed by atoms with E-state index in [0.29, 0.717) is 36.9 Å². The van der Waals surface area contributed by atoms with E-state index >= 15 is 0 Å². The number of anilines is 1. The number of benzene rings is 2. The van der Waals surface area contributed by atoms with Crippen molar-refractivity contribution in [1.82, 2.24) is 4.90 Å². The second-order valence-electron chi connectivity index (χ2n) is 7.24. The Hall–Kier alpha value is -3.22. The molecule has 0 saturated heterocycles. The topological polar surface area (TPSA) is 77.1 Å². The number of ether oxygens (including phenoxy) is 3. The minimum absolute atomic E-state index is 0.0205. The molecule has 160 valence electrons. The third-order valence-corrected chi connectivity index (χ3v) is 4.67. The zero-order chi connectivity index (χ0) is 21.5. The monoisotopic (exact) mass is 412 g/mol. The van der Waals surface area contributed by atoms with Gasteiger partial charge in [0.25, 0.3) is 0 Å². The molecule has 7 heteroatoms. The van der Waals surface area contributed by atoms with Crippen LogP contribution in [0.15, 0.2) is 36.4 Å². The zero-order valence-electron chi connectivity index (χ0n) is 17.7. The van der Waals surface area contributed by atoms with E-state index in [4.69, 9.17) is 14.2 Å². The van der Waals surface area contributed by atoms with E-state index in [1.165, 1.54) is 4.90 Å². The van der Waals surface area contributed by atoms with Crippen LogP contribution < -0.4 is 19.5 Å². The first-order chi connectivity index (χ1) is 14.4. The van der Waals surface area contributed by atoms with Crippen LogP contribution >= 0.6 is 0 Å². The van der Waals surface area contributed by atoms with Crippen LogP contribution in [-0.2, 0) is 9.59 Å². The lowest BCUT2D eigenvalue weighted by atomic mass is 10.1. The van der Waals surface area contributed by atoms with Crippen molar-refractivity contribution in [2.24, 2.45) is 0 Å². The number of amides is 2. The summed E-state index contributed by atoms with van der Waals surface area (Å²) in [4.78, 5) is 26.4. The fraction of sp³-hybridized carbons (Fsp3) is 0.391. The van der Waals surface area contributed by atoms with Crippen LogP contribution in [0.3, 0.4) is 0 Å². The average Bonchev–Trinajstić information content (AvgIpc) is 2.71. The third kappa shape index (κ3) is 5.89. The first kappa shape index (κ1) is 21.5. The normalized spacial score (nSPS) is 12.2. The van der Waals surface area contributed by atoms with Crippen molar-refractivity contribution in [1.29, 1.82) is 0 Å². The Morgan fingerprint density at radius 2 is 1.73 bits per heavy atom. The van der Waals surface area contributed by atoms with Crippen molar-refractivity contribution in [2.75, 3.05) is 38.2 Å². The third-order valence-electron chi connectivity index (χ3n) is 4.67. The second-order valence-corrected chi connectivity index (χ2v) is 7.24. The molecular formula is C23H28N2O5. The Bertz CT molecular complexity index is 892. The molecule has 3 rings (SSSR count). The summed E-state index contributed by atoms with van der Waals surface area (Å²) in [6.45, 7) is 7.53. The minimum Gasteiger partial charge on any atom is -0.493 e. The molecule has 0 atom stereocenters. The lowest BCUT2D eigenvalue weighted by Crippen LogP contribution is -2.38. The molecule has 0 radical (unpaired) electrons. The van der Waals surface area contributed by atoms with Crippen molar-refractivity contribution < 1.29 is 23.8 Å². The summed E-state index contributed by atoms with van der Waals surface area (Å²) in [7, 11) is 0. The summed E-state index contributed by atoms with van der Waals surface area (Å²) in [6, 6.07) is 11.2. The average molecular weight is 412 g/mol. The van der Waals surface area contributed by atoms with Gasteiger partial charge in [-0.3, -0.25) is 9.59 Å². The van der Waals surface area contributed by atoms with E-state index in [-0.39, 0.29) is 31.4 Å². The minimum atomic E-state index is -0.267. The zero-order valence-corrected chi connectivity index (χ0v) is 17.7. The van der Waals surface area contributed by atoms with E-state index in [1.54, 1.807) is 18.2 Å². The number of rotatable bonds is 8. The molecule has 0 aromatic heterocycles. The van der Waals surface area contributed by atoms with Gasteiger partial charge in [-0.15, -0.1) is 0 Å². The van der Waals surface area contributed by atoms with Gasteiger partial charge in [-0.05, 0) is 56.2 Å². The number of fused-ring (bicyclic) bond motifs is 1. The van der Waals surface area contributed by atoms with Crippen LogP contribution in [0.2, 0.25) is 0 Å². The molecule has 0 fully saturated rings. The molecule has 1 heterocycles. The number of nitrogens with zero attached hydrogens (tertiary/aromatic N) is 1. The predicted molar refractivity (Wildman–Crippen MR) is 114 cm³/mol. The van der Waals surface area contributed by atoms with Gasteiger partial charge in [0.1, 0.15) is 19.0 Å². The molecule has 1 N–H and O–H groups in total. The van der Waals surface area contributed by atoms with Gasteiger partial charge < -0.3 is 24.4 Å². The number of likely N-dealkylation sites (N-methyl/N-ethyl adjacent to an activating group) is 1. The summed E-state index contributed by atoms with van der Waals surface area (Å²) in [5.41, 5.74) is 2.83. The molecule has 7 nitrogen and oxygen atoms in total. The molecule has 0 unspecified atom stereocenters. The largest absolute Gasteiger partial charge is 0.493 e. The van der Waals surface area contributed by atoms with Crippen LogP contribution in [0.1, 0.15) is 24.5 Å². The van der Waals surface area contributed by atoms with Gasteiger partial charge >= 0.3 is 0 Å². The Balaban J connectivity index is 1.48. The second kappa shape index (κ2) is 10.0. The lowest BCUT2D eigenvalue weighted by molar-refractivity contribution is -0.134. The Labute approximate surface area is 176 Å². The number of hydrogen-bond acceptors (Lipinski definition) is 5. The number of nitrogens with one attached hydrogen (secondary N) is 1. The number of hydrogen-bond donors (Lipinski definition) is 1. The standard InChI is InChI=1S/C23H28N2O5/c1-4-25(23(27)7-8-28-19-12-16(2)11-17(3)13-19)15-22(26)24-18-5-6-20-21(14-18)30-10-9-29-20/h5-6,11-14H,4,7-10,15H2,1-3H3,(H,24,26). The van der Waals surface area contributed by atoms with Crippen molar-refractivity contribution in [3.8, 4) is 17.2 Å². The molecule has 2 amide bonds. The van der Waals surface area contributed by atoms with Gasteiger partial charge in [-0.25, -0.2) is 0 Å². The summed E-state index contributed by atoms with van der Waals surface area (Å²) < 4.78 is 16.7. The van der Waals surface area contributed by atoms with Crippen LogP contribution in [0.25, 0.3) is 0 Å². The van der Waals surface area contributed by atoms with Crippen molar-refractivity contribution in [3.05, 3.63) is 47.5 Å². The van der Waals surface area contributed by atoms with Crippen molar-refractivity contribution in [3.63, 3.8) is 0 Å². The van der Waals surface area contributed by atoms with Gasteiger partial charge in [-0.2, -0.15) is 0 Å². The molecule has 2 aromatic rings. The van der Waals surface area contributed by atoms with Crippen molar-refractivity contribution >= 4 is 17.5 Å². The van der Waals surface area contributed by atoms with Gasteiger partial charge in [-0.1, -0.05) is 6.07 Å². The summed E-state index contributed by atoms with van der Waals surface area (Å²) in [6.07, 6.45) is 0.206. The molecule has 1 aliphatic heterocycles. The number of carbonyl (C=O) groups is 2. The molecule has 0 aliphatic carbocycles. The quantitative estimate of drug-likeness (QED) is 0.720. The molecule has 1 aliphatic rings. The lowest BCUT2D eigenvalue weighted by Gasteiger charge is -2.21. The highest BCUT2D eigenvalue weighted by Crippen LogP contribution is 2.32. The molecule has 0 spiro atoms. The number of carbonyl (C=O) groups excluding carboxylic acids is 2. The van der Waals surface area contributed by atoms with Crippen LogP contribution in [0, 0.1) is 13.8 Å². The van der Waals surface area contributed by atoms with Crippen LogP contribution in [0.4, 0.5) is 5.69 Å². The fourth-order valence-electron chi connectivity index (χ4n) is 3.30. The maximum atomic E-state index is 12.5. The molecular weight excluding hydrogens is 384 g/mol. The SMILES string of the molecule is CCN(CC(=O)Nc1ccc2c(c1)OCCO2)C(=O)CCOc1cc(C)cc(C)c1. The molecule has 30 heavy (non-hydrogen) atoms. The highest BCUT2D eigenvalue weighted by Gasteiger charge is 2.17. The Morgan fingerprint density at radius 3 is 2.43 bits per heavy atom. The summed E-state index contributed by atoms with van der Waals surface area (Å²) >= 11 is 0. The maximum Gasteiger partial charge on any atom is 0.243 e. The predicted octanol–water partition coefficient (Wildman–Crippen LogP) is 3.33. The van der Waals surface area contributed by atoms with Gasteiger partial charge in [0, 0.05) is 18.3 Å². The fourth-order valence-corrected chi connectivity index (χ4v) is 3.30. The van der Waals surface area contributed by atoms with Gasteiger partial charge in [0.15, 0.2) is 11.5 Å². The summed E-state index contributed by atoms with van der Waals surface area (Å²) in [5.74, 6) is 1.62. The van der Waals surface area contributed by atoms with Gasteiger partial charge in [0.05, 0.1) is 19.6 Å². The highest BCUT2D eigenvalue weighted by atomic mass is 16.6. The molecule has 0 bridgehead atoms. The first-order valence-corrected chi connectivity index (χ1v) is 10.1. The van der Waals surface area contributed by atoms with Crippen molar-refractivity contribution in [2.45, 2.75) is 27.2 Å². The molecule has 2 aromatic carbocycles. The highest BCUT2D eigenvalue weighted by molar-refractivity contribution is 5.94. The van der Waals surface area contributed by atoms with E-state index in [9.17, 15) is 9.59 Å².